The van der Waals surface area contributed by atoms with Gasteiger partial charge in [0.05, 0.1) is 11.1 Å². The summed E-state index contributed by atoms with van der Waals surface area (Å²) in [5, 5.41) is 22.2. The lowest BCUT2D eigenvalue weighted by Gasteiger charge is -2.15. The van der Waals surface area contributed by atoms with Crippen molar-refractivity contribution >= 4 is 11.6 Å². The van der Waals surface area contributed by atoms with E-state index >= 15 is 0 Å². The van der Waals surface area contributed by atoms with E-state index in [4.69, 9.17) is 5.11 Å². The lowest BCUT2D eigenvalue weighted by molar-refractivity contribution is -0.385. The molecule has 0 saturated heterocycles. The molecule has 1 atom stereocenters. The van der Waals surface area contributed by atoms with Crippen molar-refractivity contribution in [2.75, 3.05) is 13.2 Å². The standard InChI is InChI=1S/C13H19N3O5/c1-2-3-9(4-5-17)7-14-12(18)11-6-10(16(20)21)8-15-13(11)19/h6,8-9,17H,2-5,7H2,1H3,(H,14,18)(H,15,19). The van der Waals surface area contributed by atoms with E-state index in [1.165, 1.54) is 0 Å². The number of pyridine rings is 1. The molecule has 8 nitrogen and oxygen atoms in total. The first-order valence-corrected chi connectivity index (χ1v) is 6.75. The molecule has 116 valence electrons. The van der Waals surface area contributed by atoms with Gasteiger partial charge in [0.25, 0.3) is 17.2 Å². The number of rotatable bonds is 8. The van der Waals surface area contributed by atoms with Gasteiger partial charge >= 0.3 is 0 Å². The number of amides is 1. The number of carbonyl (C=O) groups excluding carboxylic acids is 1. The number of hydrogen-bond donors (Lipinski definition) is 3. The zero-order chi connectivity index (χ0) is 15.8. The van der Waals surface area contributed by atoms with Gasteiger partial charge in [-0.2, -0.15) is 0 Å². The summed E-state index contributed by atoms with van der Waals surface area (Å²) in [6, 6.07) is 0.953. The molecule has 1 rings (SSSR count). The van der Waals surface area contributed by atoms with E-state index < -0.39 is 16.4 Å². The maximum atomic E-state index is 11.9. The number of H-pyrrole nitrogens is 1. The predicted octanol–water partition coefficient (Wildman–Crippen LogP) is 0.812. The summed E-state index contributed by atoms with van der Waals surface area (Å²) in [5.41, 5.74) is -1.31. The Morgan fingerprint density at radius 1 is 1.52 bits per heavy atom. The van der Waals surface area contributed by atoms with Crippen LogP contribution in [0, 0.1) is 16.0 Å². The molecule has 8 heteroatoms. The first kappa shape index (κ1) is 16.8. The number of nitro groups is 1. The SMILES string of the molecule is CCCC(CCO)CNC(=O)c1cc([N+](=O)[O-])c[nH]c1=O. The van der Waals surface area contributed by atoms with Crippen LogP contribution in [0.4, 0.5) is 5.69 Å². The third kappa shape index (κ3) is 4.99. The highest BCUT2D eigenvalue weighted by Crippen LogP contribution is 2.11. The van der Waals surface area contributed by atoms with E-state index in [0.717, 1.165) is 25.1 Å². The van der Waals surface area contributed by atoms with E-state index in [0.29, 0.717) is 13.0 Å². The third-order valence-corrected chi connectivity index (χ3v) is 3.13. The lowest BCUT2D eigenvalue weighted by atomic mass is 10.00. The van der Waals surface area contributed by atoms with Crippen molar-refractivity contribution in [1.82, 2.24) is 10.3 Å². The van der Waals surface area contributed by atoms with Crippen LogP contribution in [0.2, 0.25) is 0 Å². The molecule has 1 unspecified atom stereocenters. The number of aromatic nitrogens is 1. The van der Waals surface area contributed by atoms with Gasteiger partial charge in [0.1, 0.15) is 5.56 Å². The summed E-state index contributed by atoms with van der Waals surface area (Å²) >= 11 is 0. The molecular formula is C13H19N3O5. The highest BCUT2D eigenvalue weighted by Gasteiger charge is 2.17. The fourth-order valence-corrected chi connectivity index (χ4v) is 2.02. The zero-order valence-corrected chi connectivity index (χ0v) is 11.8. The van der Waals surface area contributed by atoms with Crippen molar-refractivity contribution in [2.45, 2.75) is 26.2 Å². The van der Waals surface area contributed by atoms with Crippen molar-refractivity contribution in [3.05, 3.63) is 38.3 Å². The van der Waals surface area contributed by atoms with Gasteiger partial charge in [0, 0.05) is 19.2 Å². The summed E-state index contributed by atoms with van der Waals surface area (Å²) in [5.74, 6) is -0.541. The average Bonchev–Trinajstić information content (AvgIpc) is 2.45. The maximum absolute atomic E-state index is 11.9. The van der Waals surface area contributed by atoms with Gasteiger partial charge < -0.3 is 15.4 Å². The van der Waals surface area contributed by atoms with Crippen LogP contribution in [-0.2, 0) is 0 Å². The minimum Gasteiger partial charge on any atom is -0.396 e. The summed E-state index contributed by atoms with van der Waals surface area (Å²) in [7, 11) is 0. The van der Waals surface area contributed by atoms with Crippen molar-refractivity contribution in [1.29, 1.82) is 0 Å². The Labute approximate surface area is 121 Å². The molecule has 1 amide bonds. The van der Waals surface area contributed by atoms with Gasteiger partial charge in [-0.1, -0.05) is 13.3 Å². The molecular weight excluding hydrogens is 278 g/mol. The number of nitrogens with zero attached hydrogens (tertiary/aromatic N) is 1. The van der Waals surface area contributed by atoms with Crippen LogP contribution in [0.1, 0.15) is 36.5 Å². The summed E-state index contributed by atoms with van der Waals surface area (Å²) in [6.45, 7) is 2.34. The van der Waals surface area contributed by atoms with Crippen LogP contribution in [0.15, 0.2) is 17.1 Å². The molecule has 1 heterocycles. The molecule has 0 aliphatic rings. The zero-order valence-electron chi connectivity index (χ0n) is 11.8. The van der Waals surface area contributed by atoms with Crippen LogP contribution >= 0.6 is 0 Å². The summed E-state index contributed by atoms with van der Waals surface area (Å²) in [4.78, 5) is 35.6. The lowest BCUT2D eigenvalue weighted by Crippen LogP contribution is -2.33. The summed E-state index contributed by atoms with van der Waals surface area (Å²) < 4.78 is 0. The maximum Gasteiger partial charge on any atom is 0.286 e. The van der Waals surface area contributed by atoms with Crippen molar-refractivity contribution in [3.63, 3.8) is 0 Å². The number of aliphatic hydroxyl groups is 1. The quantitative estimate of drug-likeness (QED) is 0.483. The molecule has 3 N–H and O–H groups in total. The van der Waals surface area contributed by atoms with Crippen LogP contribution in [0.5, 0.6) is 0 Å². The van der Waals surface area contributed by atoms with Gasteiger partial charge in [-0.25, -0.2) is 0 Å². The fraction of sp³-hybridized carbons (Fsp3) is 0.538. The first-order valence-electron chi connectivity index (χ1n) is 6.75. The molecule has 0 bridgehead atoms. The Balaban J connectivity index is 2.77. The molecule has 0 spiro atoms. The van der Waals surface area contributed by atoms with Crippen molar-refractivity contribution < 1.29 is 14.8 Å². The number of aromatic amines is 1. The van der Waals surface area contributed by atoms with Crippen LogP contribution in [-0.4, -0.2) is 34.1 Å². The monoisotopic (exact) mass is 297 g/mol. The Morgan fingerprint density at radius 3 is 2.81 bits per heavy atom. The van der Waals surface area contributed by atoms with E-state index in [1.54, 1.807) is 0 Å². The second-order valence-electron chi connectivity index (χ2n) is 4.73. The largest absolute Gasteiger partial charge is 0.396 e. The third-order valence-electron chi connectivity index (χ3n) is 3.13. The molecule has 21 heavy (non-hydrogen) atoms. The molecule has 0 aliphatic carbocycles. The minimum atomic E-state index is -0.682. The number of aliphatic hydroxyl groups excluding tert-OH is 1. The first-order chi connectivity index (χ1) is 9.99. The van der Waals surface area contributed by atoms with E-state index in [1.807, 2.05) is 6.92 Å². The van der Waals surface area contributed by atoms with Crippen LogP contribution < -0.4 is 10.9 Å². The van der Waals surface area contributed by atoms with E-state index in [2.05, 4.69) is 10.3 Å². The van der Waals surface area contributed by atoms with Crippen molar-refractivity contribution in [3.8, 4) is 0 Å². The molecule has 0 aliphatic heterocycles. The molecule has 0 fully saturated rings. The van der Waals surface area contributed by atoms with Gasteiger partial charge in [-0.15, -0.1) is 0 Å². The Hall–Kier alpha value is -2.22. The molecule has 0 radical (unpaired) electrons. The number of nitrogens with one attached hydrogen (secondary N) is 2. The second-order valence-corrected chi connectivity index (χ2v) is 4.73. The highest BCUT2D eigenvalue weighted by atomic mass is 16.6. The van der Waals surface area contributed by atoms with Gasteiger partial charge in [-0.3, -0.25) is 19.7 Å². The predicted molar refractivity (Wildman–Crippen MR) is 76.2 cm³/mol. The van der Waals surface area contributed by atoms with Gasteiger partial charge in [0.2, 0.25) is 0 Å². The number of carbonyl (C=O) groups is 1. The number of hydrogen-bond acceptors (Lipinski definition) is 5. The molecule has 0 saturated carbocycles. The topological polar surface area (TPSA) is 125 Å². The Bertz CT molecular complexity index is 549. The second kappa shape index (κ2) is 8.15. The van der Waals surface area contributed by atoms with E-state index in [-0.39, 0.29) is 23.8 Å². The molecule has 0 aromatic carbocycles. The fourth-order valence-electron chi connectivity index (χ4n) is 2.02. The Morgan fingerprint density at radius 2 is 2.24 bits per heavy atom. The Kier molecular flexibility index (Phi) is 6.54. The minimum absolute atomic E-state index is 0.0257. The van der Waals surface area contributed by atoms with E-state index in [9.17, 15) is 19.7 Å². The van der Waals surface area contributed by atoms with Gasteiger partial charge in [-0.05, 0) is 18.8 Å². The van der Waals surface area contributed by atoms with Crippen LogP contribution in [0.25, 0.3) is 0 Å². The molecule has 1 aromatic rings. The van der Waals surface area contributed by atoms with Crippen LogP contribution in [0.3, 0.4) is 0 Å². The van der Waals surface area contributed by atoms with Crippen molar-refractivity contribution in [2.24, 2.45) is 5.92 Å². The summed E-state index contributed by atoms with van der Waals surface area (Å²) in [6.07, 6.45) is 3.26. The highest BCUT2D eigenvalue weighted by molar-refractivity contribution is 5.94. The smallest absolute Gasteiger partial charge is 0.286 e. The average molecular weight is 297 g/mol. The van der Waals surface area contributed by atoms with Gasteiger partial charge in [0.15, 0.2) is 0 Å². The molecule has 1 aromatic heterocycles. The normalized spacial score (nSPS) is 11.9.